The molecule has 4 rings (SSSR count). The molecule has 9 heteroatoms. The number of aromatic nitrogens is 4. The van der Waals surface area contributed by atoms with Crippen LogP contribution in [-0.4, -0.2) is 58.4 Å². The number of anilines is 2. The molecule has 0 saturated carbocycles. The maximum atomic E-state index is 11.7. The summed E-state index contributed by atoms with van der Waals surface area (Å²) in [5, 5.41) is 11.3. The third-order valence-electron chi connectivity index (χ3n) is 5.81. The van der Waals surface area contributed by atoms with Crippen LogP contribution in [0.5, 0.6) is 5.88 Å². The minimum Gasteiger partial charge on any atom is -0.476 e. The average molecular weight is 512 g/mol. The van der Waals surface area contributed by atoms with Gasteiger partial charge in [0.15, 0.2) is 5.65 Å². The van der Waals surface area contributed by atoms with Crippen molar-refractivity contribution in [1.82, 2.24) is 25.1 Å². The summed E-state index contributed by atoms with van der Waals surface area (Å²) in [4.78, 5) is 22.9. The lowest BCUT2D eigenvalue weighted by Gasteiger charge is -2.31. The minimum absolute atomic E-state index is 0.0338. The second kappa shape index (κ2) is 15.8. The van der Waals surface area contributed by atoms with Gasteiger partial charge in [-0.25, -0.2) is 0 Å². The molecule has 1 aliphatic heterocycles. The highest BCUT2D eigenvalue weighted by Gasteiger charge is 2.15. The molecule has 9 nitrogen and oxygen atoms in total. The summed E-state index contributed by atoms with van der Waals surface area (Å²) in [5.74, 6) is 0.381. The van der Waals surface area contributed by atoms with Crippen molar-refractivity contribution >= 4 is 28.3 Å². The first-order valence-corrected chi connectivity index (χ1v) is 13.6. The van der Waals surface area contributed by atoms with Crippen LogP contribution >= 0.6 is 0 Å². The Hall–Kier alpha value is -3.20. The molecule has 37 heavy (non-hydrogen) atoms. The van der Waals surface area contributed by atoms with Crippen molar-refractivity contribution in [3.8, 4) is 5.88 Å². The van der Waals surface area contributed by atoms with E-state index in [-0.39, 0.29) is 5.91 Å². The van der Waals surface area contributed by atoms with Crippen LogP contribution in [0.15, 0.2) is 24.5 Å². The van der Waals surface area contributed by atoms with Gasteiger partial charge in [-0.3, -0.25) is 14.5 Å². The van der Waals surface area contributed by atoms with E-state index < -0.39 is 0 Å². The molecule has 1 aliphatic rings. The molecule has 0 radical (unpaired) electrons. The maximum Gasteiger partial charge on any atom is 0.239 e. The largest absolute Gasteiger partial charge is 0.476 e. The van der Waals surface area contributed by atoms with Gasteiger partial charge in [0.05, 0.1) is 6.61 Å². The van der Waals surface area contributed by atoms with Crippen molar-refractivity contribution in [2.45, 2.75) is 67.2 Å². The van der Waals surface area contributed by atoms with Crippen molar-refractivity contribution in [3.05, 3.63) is 35.8 Å². The number of amides is 1. The Morgan fingerprint density at radius 2 is 1.89 bits per heavy atom. The highest BCUT2D eigenvalue weighted by Crippen LogP contribution is 2.27. The van der Waals surface area contributed by atoms with Crippen LogP contribution in [0.2, 0.25) is 0 Å². The van der Waals surface area contributed by atoms with Crippen molar-refractivity contribution in [2.24, 2.45) is 7.05 Å². The van der Waals surface area contributed by atoms with Gasteiger partial charge in [-0.05, 0) is 44.4 Å². The second-order valence-corrected chi connectivity index (χ2v) is 8.67. The molecule has 1 saturated heterocycles. The molecule has 4 heterocycles. The second-order valence-electron chi connectivity index (χ2n) is 8.67. The van der Waals surface area contributed by atoms with Gasteiger partial charge in [0.2, 0.25) is 11.8 Å². The van der Waals surface area contributed by atoms with Crippen LogP contribution in [0, 0.1) is 6.92 Å². The molecule has 3 aromatic heterocycles. The topological polar surface area (TPSA) is 97.2 Å². The Labute approximate surface area is 222 Å². The number of nitrogens with zero attached hydrogens (tertiary/aromatic N) is 5. The molecular weight excluding hydrogens is 466 g/mol. The number of carbonyl (C=O) groups excluding carboxylic acids is 1. The Bertz CT molecular complexity index is 1110. The van der Waals surface area contributed by atoms with E-state index in [1.54, 1.807) is 4.68 Å². The SMILES string of the molecule is CC.CCCC(=O)Nc1cc2cn(C)nc2nc1OCC.CCCc1c(N2CCNCC2)ccnc1C. The van der Waals surface area contributed by atoms with Gasteiger partial charge >= 0.3 is 0 Å². The molecule has 0 bridgehead atoms. The van der Waals surface area contributed by atoms with Gasteiger partial charge in [0, 0.05) is 68.8 Å². The lowest BCUT2D eigenvalue weighted by Crippen LogP contribution is -2.44. The highest BCUT2D eigenvalue weighted by molar-refractivity contribution is 5.94. The third-order valence-corrected chi connectivity index (χ3v) is 5.81. The van der Waals surface area contributed by atoms with E-state index in [1.807, 2.05) is 53.2 Å². The number of hydrogen-bond donors (Lipinski definition) is 2. The Kier molecular flexibility index (Phi) is 12.8. The zero-order valence-electron chi connectivity index (χ0n) is 23.7. The standard InChI is InChI=1S/C13H18N4O2.C13H21N3.C2H6/c1-4-6-11(18)14-10-7-9-8-17(3)16-12(9)15-13(10)19-5-2;1-3-4-12-11(2)15-6-5-13(12)16-9-7-14-8-10-16;1-2/h7-8H,4-6H2,1-3H3,(H,14,18);5-6,14H,3-4,7-10H2,1-2H3;1-2H3. The molecule has 0 aliphatic carbocycles. The van der Waals surface area contributed by atoms with Crippen LogP contribution in [0.3, 0.4) is 0 Å². The molecule has 0 aromatic carbocycles. The fourth-order valence-electron chi connectivity index (χ4n) is 4.18. The lowest BCUT2D eigenvalue weighted by atomic mass is 10.1. The first-order valence-electron chi connectivity index (χ1n) is 13.6. The monoisotopic (exact) mass is 511 g/mol. The van der Waals surface area contributed by atoms with Crippen molar-refractivity contribution in [3.63, 3.8) is 0 Å². The number of fused-ring (bicyclic) bond motifs is 1. The molecule has 0 spiro atoms. The number of nitrogens with one attached hydrogen (secondary N) is 2. The average Bonchev–Trinajstić information content (AvgIpc) is 3.26. The summed E-state index contributed by atoms with van der Waals surface area (Å²) in [6.07, 6.45) is 7.40. The van der Waals surface area contributed by atoms with Crippen LogP contribution in [0.4, 0.5) is 11.4 Å². The van der Waals surface area contributed by atoms with E-state index >= 15 is 0 Å². The highest BCUT2D eigenvalue weighted by atomic mass is 16.5. The van der Waals surface area contributed by atoms with E-state index in [2.05, 4.69) is 50.5 Å². The van der Waals surface area contributed by atoms with Crippen LogP contribution in [0.1, 0.15) is 65.1 Å². The molecular formula is C28H45N7O2. The van der Waals surface area contributed by atoms with Crippen molar-refractivity contribution in [1.29, 1.82) is 0 Å². The number of rotatable bonds is 8. The van der Waals surface area contributed by atoms with Gasteiger partial charge in [0.1, 0.15) is 5.69 Å². The normalized spacial score (nSPS) is 12.8. The first-order chi connectivity index (χ1) is 18.0. The molecule has 1 amide bonds. The molecule has 3 aromatic rings. The minimum atomic E-state index is -0.0338. The van der Waals surface area contributed by atoms with Crippen LogP contribution in [-0.2, 0) is 18.3 Å². The third kappa shape index (κ3) is 8.70. The molecule has 0 unspecified atom stereocenters. The predicted octanol–water partition coefficient (Wildman–Crippen LogP) is 4.88. The number of piperazine rings is 1. The number of pyridine rings is 2. The van der Waals surface area contributed by atoms with Gasteiger partial charge < -0.3 is 20.3 Å². The first kappa shape index (κ1) is 30.0. The summed E-state index contributed by atoms with van der Waals surface area (Å²) < 4.78 is 7.14. The Morgan fingerprint density at radius 3 is 2.54 bits per heavy atom. The Balaban J connectivity index is 0.000000247. The van der Waals surface area contributed by atoms with Crippen LogP contribution in [0.25, 0.3) is 11.0 Å². The fraction of sp³-hybridized carbons (Fsp3) is 0.571. The predicted molar refractivity (Wildman–Crippen MR) is 153 cm³/mol. The van der Waals surface area contributed by atoms with Crippen LogP contribution < -0.4 is 20.3 Å². The summed E-state index contributed by atoms with van der Waals surface area (Å²) in [7, 11) is 1.83. The molecule has 0 atom stereocenters. The number of ether oxygens (including phenoxy) is 1. The van der Waals surface area contributed by atoms with E-state index in [1.165, 1.54) is 23.4 Å². The lowest BCUT2D eigenvalue weighted by molar-refractivity contribution is -0.116. The zero-order chi connectivity index (χ0) is 27.2. The van der Waals surface area contributed by atoms with Gasteiger partial charge in [-0.2, -0.15) is 10.1 Å². The summed E-state index contributed by atoms with van der Waals surface area (Å²) in [6, 6.07) is 4.01. The molecule has 204 valence electrons. The number of hydrogen-bond acceptors (Lipinski definition) is 7. The Morgan fingerprint density at radius 1 is 1.16 bits per heavy atom. The molecule has 1 fully saturated rings. The summed E-state index contributed by atoms with van der Waals surface area (Å²) >= 11 is 0. The van der Waals surface area contributed by atoms with Crippen molar-refractivity contribution < 1.29 is 9.53 Å². The van der Waals surface area contributed by atoms with E-state index in [9.17, 15) is 4.79 Å². The van der Waals surface area contributed by atoms with E-state index in [4.69, 9.17) is 4.74 Å². The van der Waals surface area contributed by atoms with E-state index in [0.717, 1.165) is 44.4 Å². The van der Waals surface area contributed by atoms with E-state index in [0.29, 0.717) is 30.2 Å². The number of aryl methyl sites for hydroxylation is 2. The van der Waals surface area contributed by atoms with Gasteiger partial charge in [-0.15, -0.1) is 0 Å². The van der Waals surface area contributed by atoms with Gasteiger partial charge in [0.25, 0.3) is 0 Å². The number of carbonyl (C=O) groups is 1. The maximum absolute atomic E-state index is 11.7. The smallest absolute Gasteiger partial charge is 0.239 e. The zero-order valence-corrected chi connectivity index (χ0v) is 23.7. The summed E-state index contributed by atoms with van der Waals surface area (Å²) in [5.41, 5.74) is 5.24. The van der Waals surface area contributed by atoms with Gasteiger partial charge in [-0.1, -0.05) is 34.1 Å². The quantitative estimate of drug-likeness (QED) is 0.445. The molecule has 2 N–H and O–H groups in total. The summed E-state index contributed by atoms with van der Waals surface area (Å²) in [6.45, 7) is 17.1. The fourth-order valence-corrected chi connectivity index (χ4v) is 4.18. The van der Waals surface area contributed by atoms with Crippen molar-refractivity contribution in [2.75, 3.05) is 43.0 Å².